The topological polar surface area (TPSA) is 71.1 Å². The molecule has 0 aliphatic heterocycles. The number of amides is 3. The van der Waals surface area contributed by atoms with Crippen LogP contribution < -0.4 is 10.6 Å². The number of benzene rings is 2. The van der Waals surface area contributed by atoms with Crippen LogP contribution in [0.4, 0.5) is 4.79 Å². The Morgan fingerprint density at radius 3 is 2.44 bits per heavy atom. The number of aromatic nitrogens is 1. The summed E-state index contributed by atoms with van der Waals surface area (Å²) < 4.78 is 0.793. The van der Waals surface area contributed by atoms with Gasteiger partial charge in [0.05, 0.1) is 10.9 Å². The smallest absolute Gasteiger partial charge is 0.321 e. The fraction of sp³-hybridized carbons (Fsp3) is 0.150. The predicted molar refractivity (Wildman–Crippen MR) is 110 cm³/mol. The summed E-state index contributed by atoms with van der Waals surface area (Å²) in [6.07, 6.45) is 0. The van der Waals surface area contributed by atoms with E-state index in [1.165, 1.54) is 23.1 Å². The largest absolute Gasteiger partial charge is 0.334 e. The molecule has 27 heavy (non-hydrogen) atoms. The van der Waals surface area contributed by atoms with Crippen LogP contribution in [0.1, 0.15) is 12.5 Å². The summed E-state index contributed by atoms with van der Waals surface area (Å²) in [5.41, 5.74) is 2.90. The van der Waals surface area contributed by atoms with Gasteiger partial charge >= 0.3 is 6.03 Å². The predicted octanol–water partition coefficient (Wildman–Crippen LogP) is 4.32. The molecule has 3 amide bonds. The van der Waals surface area contributed by atoms with Gasteiger partial charge in [-0.15, -0.1) is 11.3 Å². The van der Waals surface area contributed by atoms with Gasteiger partial charge in [-0.05, 0) is 12.5 Å². The summed E-state index contributed by atoms with van der Waals surface area (Å²) in [4.78, 5) is 28.7. The van der Waals surface area contributed by atoms with Crippen molar-refractivity contribution in [2.24, 2.45) is 0 Å². The van der Waals surface area contributed by atoms with Gasteiger partial charge in [-0.25, -0.2) is 9.78 Å². The van der Waals surface area contributed by atoms with E-state index in [-0.39, 0.29) is 5.91 Å². The van der Waals surface area contributed by atoms with E-state index in [4.69, 9.17) is 0 Å². The molecule has 0 aliphatic carbocycles. The van der Waals surface area contributed by atoms with E-state index < -0.39 is 11.3 Å². The number of carbonyl (C=O) groups excluding carboxylic acids is 2. The van der Waals surface area contributed by atoms with E-state index in [0.717, 1.165) is 21.2 Å². The number of thiazole rings is 1. The molecule has 0 bridgehead atoms. The highest BCUT2D eigenvalue weighted by Crippen LogP contribution is 2.30. The second-order valence-electron chi connectivity index (χ2n) is 5.78. The second-order valence-corrected chi connectivity index (χ2v) is 8.23. The normalized spacial score (nSPS) is 11.6. The molecule has 3 rings (SSSR count). The van der Waals surface area contributed by atoms with E-state index in [2.05, 4.69) is 15.6 Å². The van der Waals surface area contributed by atoms with Crippen molar-refractivity contribution in [3.8, 4) is 11.3 Å². The van der Waals surface area contributed by atoms with Gasteiger partial charge in [-0.3, -0.25) is 10.1 Å². The van der Waals surface area contributed by atoms with Crippen LogP contribution in [0.5, 0.6) is 0 Å². The summed E-state index contributed by atoms with van der Waals surface area (Å²) in [7, 11) is 0. The van der Waals surface area contributed by atoms with Crippen molar-refractivity contribution in [1.82, 2.24) is 15.6 Å². The third-order valence-corrected chi connectivity index (χ3v) is 5.80. The van der Waals surface area contributed by atoms with Crippen LogP contribution in [-0.2, 0) is 11.3 Å². The fourth-order valence-electron chi connectivity index (χ4n) is 2.29. The summed E-state index contributed by atoms with van der Waals surface area (Å²) in [6.45, 7) is 2.13. The molecule has 1 aromatic heterocycles. The summed E-state index contributed by atoms with van der Waals surface area (Å²) >= 11 is 2.83. The molecular formula is C20H19N3O2S2. The zero-order chi connectivity index (χ0) is 19.1. The first kappa shape index (κ1) is 19.1. The minimum atomic E-state index is -0.500. The quantitative estimate of drug-likeness (QED) is 0.608. The average molecular weight is 398 g/mol. The number of imide groups is 1. The van der Waals surface area contributed by atoms with Gasteiger partial charge in [-0.1, -0.05) is 72.4 Å². The third kappa shape index (κ3) is 5.67. The number of carbonyl (C=O) groups is 2. The maximum absolute atomic E-state index is 12.2. The van der Waals surface area contributed by atoms with E-state index >= 15 is 0 Å². The van der Waals surface area contributed by atoms with E-state index in [1.807, 2.05) is 66.0 Å². The number of rotatable bonds is 6. The molecule has 0 saturated carbocycles. The first-order valence-electron chi connectivity index (χ1n) is 8.42. The molecule has 0 radical (unpaired) electrons. The van der Waals surface area contributed by atoms with Crippen molar-refractivity contribution in [3.05, 3.63) is 71.6 Å². The van der Waals surface area contributed by atoms with Gasteiger partial charge < -0.3 is 5.32 Å². The first-order chi connectivity index (χ1) is 13.1. The Morgan fingerprint density at radius 1 is 1.07 bits per heavy atom. The molecule has 0 saturated heterocycles. The Labute approximate surface area is 166 Å². The van der Waals surface area contributed by atoms with Gasteiger partial charge in [0, 0.05) is 17.5 Å². The molecule has 138 valence electrons. The zero-order valence-electron chi connectivity index (χ0n) is 14.7. The van der Waals surface area contributed by atoms with Crippen molar-refractivity contribution >= 4 is 35.0 Å². The Hall–Kier alpha value is -2.64. The van der Waals surface area contributed by atoms with Gasteiger partial charge in [0.1, 0.15) is 0 Å². The standard InChI is InChI=1S/C20H19N3O2S2/c1-14(18(24)23-19(25)21-12-15-8-4-2-5-9-15)27-20-22-17(13-26-20)16-10-6-3-7-11-16/h2-11,13-14H,12H2,1H3,(H2,21,23,24,25). The van der Waals surface area contributed by atoms with Crippen LogP contribution >= 0.6 is 23.1 Å². The Morgan fingerprint density at radius 2 is 1.74 bits per heavy atom. The molecular weight excluding hydrogens is 378 g/mol. The molecule has 0 spiro atoms. The van der Waals surface area contributed by atoms with Crippen LogP contribution in [0.2, 0.25) is 0 Å². The first-order valence-corrected chi connectivity index (χ1v) is 10.2. The van der Waals surface area contributed by atoms with E-state index in [0.29, 0.717) is 6.54 Å². The van der Waals surface area contributed by atoms with Gasteiger partial charge in [0.15, 0.2) is 4.34 Å². The number of thioether (sulfide) groups is 1. The lowest BCUT2D eigenvalue weighted by molar-refractivity contribution is -0.119. The van der Waals surface area contributed by atoms with Gasteiger partial charge in [0.25, 0.3) is 0 Å². The number of urea groups is 1. The highest BCUT2D eigenvalue weighted by atomic mass is 32.2. The van der Waals surface area contributed by atoms with E-state index in [9.17, 15) is 9.59 Å². The number of nitrogens with zero attached hydrogens (tertiary/aromatic N) is 1. The van der Waals surface area contributed by atoms with Crippen molar-refractivity contribution in [1.29, 1.82) is 0 Å². The monoisotopic (exact) mass is 397 g/mol. The minimum absolute atomic E-state index is 0.345. The zero-order valence-corrected chi connectivity index (χ0v) is 16.3. The van der Waals surface area contributed by atoms with Crippen LogP contribution in [0, 0.1) is 0 Å². The highest BCUT2D eigenvalue weighted by Gasteiger charge is 2.18. The van der Waals surface area contributed by atoms with E-state index in [1.54, 1.807) is 6.92 Å². The van der Waals surface area contributed by atoms with Crippen molar-refractivity contribution < 1.29 is 9.59 Å². The molecule has 1 heterocycles. The average Bonchev–Trinajstić information content (AvgIpc) is 3.16. The van der Waals surface area contributed by atoms with Crippen molar-refractivity contribution in [2.45, 2.75) is 23.1 Å². The highest BCUT2D eigenvalue weighted by molar-refractivity contribution is 8.02. The lowest BCUT2D eigenvalue weighted by atomic mass is 10.2. The molecule has 1 unspecified atom stereocenters. The molecule has 5 nitrogen and oxygen atoms in total. The molecule has 0 aliphatic rings. The molecule has 1 atom stereocenters. The molecule has 2 aromatic carbocycles. The fourth-order valence-corrected chi connectivity index (χ4v) is 4.26. The van der Waals surface area contributed by atoms with Gasteiger partial charge in [0.2, 0.25) is 5.91 Å². The number of hydrogen-bond acceptors (Lipinski definition) is 5. The Kier molecular flexibility index (Phi) is 6.62. The second kappa shape index (κ2) is 9.34. The molecule has 2 N–H and O–H groups in total. The number of nitrogens with one attached hydrogen (secondary N) is 2. The van der Waals surface area contributed by atoms with Crippen LogP contribution in [0.25, 0.3) is 11.3 Å². The van der Waals surface area contributed by atoms with Crippen LogP contribution in [-0.4, -0.2) is 22.2 Å². The van der Waals surface area contributed by atoms with Crippen LogP contribution in [0.15, 0.2) is 70.4 Å². The summed E-state index contributed by atoms with van der Waals surface area (Å²) in [5.74, 6) is -0.345. The van der Waals surface area contributed by atoms with Gasteiger partial charge in [-0.2, -0.15) is 0 Å². The minimum Gasteiger partial charge on any atom is -0.334 e. The summed E-state index contributed by atoms with van der Waals surface area (Å²) in [5, 5.41) is 6.60. The Bertz CT molecular complexity index is 898. The van der Waals surface area contributed by atoms with Crippen LogP contribution in [0.3, 0.4) is 0 Å². The maximum Gasteiger partial charge on any atom is 0.321 e. The Balaban J connectivity index is 1.49. The number of hydrogen-bond donors (Lipinski definition) is 2. The lowest BCUT2D eigenvalue weighted by Crippen LogP contribution is -2.42. The third-order valence-electron chi connectivity index (χ3n) is 3.73. The maximum atomic E-state index is 12.2. The molecule has 7 heteroatoms. The SMILES string of the molecule is CC(Sc1nc(-c2ccccc2)cs1)C(=O)NC(=O)NCc1ccccc1. The van der Waals surface area contributed by atoms with Crippen molar-refractivity contribution in [2.75, 3.05) is 0 Å². The lowest BCUT2D eigenvalue weighted by Gasteiger charge is -2.10. The molecule has 0 fully saturated rings. The van der Waals surface area contributed by atoms with Crippen molar-refractivity contribution in [3.63, 3.8) is 0 Å². The summed E-state index contributed by atoms with van der Waals surface area (Å²) in [6, 6.07) is 18.9. The molecule has 3 aromatic rings.